The topological polar surface area (TPSA) is 87.7 Å². The molecule has 3 rings (SSSR count). The number of urea groups is 1. The van der Waals surface area contributed by atoms with Crippen LogP contribution in [0.25, 0.3) is 0 Å². The van der Waals surface area contributed by atoms with Crippen LogP contribution in [0, 0.1) is 12.7 Å². The normalized spacial score (nSPS) is 19.7. The number of hydrogen-bond donors (Lipinski definition) is 2. The number of ether oxygens (including phenoxy) is 1. The van der Waals surface area contributed by atoms with E-state index in [4.69, 9.17) is 4.74 Å². The van der Waals surface area contributed by atoms with Crippen molar-refractivity contribution in [2.45, 2.75) is 32.4 Å². The first kappa shape index (κ1) is 20.3. The summed E-state index contributed by atoms with van der Waals surface area (Å²) >= 11 is 0. The van der Waals surface area contributed by atoms with Gasteiger partial charge in [-0.25, -0.2) is 14.1 Å². The van der Waals surface area contributed by atoms with Crippen LogP contribution in [0.3, 0.4) is 0 Å². The average molecular weight is 399 g/mol. The summed E-state index contributed by atoms with van der Waals surface area (Å²) in [6.07, 6.45) is 0. The van der Waals surface area contributed by atoms with Crippen molar-refractivity contribution in [2.75, 3.05) is 12.4 Å². The minimum absolute atomic E-state index is 0.365. The molecule has 0 aromatic heterocycles. The highest BCUT2D eigenvalue weighted by atomic mass is 19.1. The lowest BCUT2D eigenvalue weighted by atomic mass is 9.90. The van der Waals surface area contributed by atoms with Gasteiger partial charge < -0.3 is 15.4 Å². The smallest absolute Gasteiger partial charge is 0.326 e. The Morgan fingerprint density at radius 3 is 2.45 bits per heavy atom. The van der Waals surface area contributed by atoms with Crippen molar-refractivity contribution in [2.24, 2.45) is 0 Å². The molecule has 0 saturated carbocycles. The van der Waals surface area contributed by atoms with Crippen LogP contribution in [-0.2, 0) is 15.1 Å². The van der Waals surface area contributed by atoms with Crippen molar-refractivity contribution < 1.29 is 23.5 Å². The number of halogens is 1. The number of methoxy groups -OCH3 is 1. The summed E-state index contributed by atoms with van der Waals surface area (Å²) < 4.78 is 18.3. The van der Waals surface area contributed by atoms with Crippen LogP contribution in [0.1, 0.15) is 25.0 Å². The molecule has 1 heterocycles. The largest absolute Gasteiger partial charge is 0.496 e. The predicted molar refractivity (Wildman–Crippen MR) is 105 cm³/mol. The summed E-state index contributed by atoms with van der Waals surface area (Å²) in [6.45, 7) is 4.89. The maximum Gasteiger partial charge on any atom is 0.326 e. The van der Waals surface area contributed by atoms with E-state index in [0.717, 1.165) is 10.5 Å². The maximum atomic E-state index is 13.1. The summed E-state index contributed by atoms with van der Waals surface area (Å²) in [5, 5.41) is 5.27. The van der Waals surface area contributed by atoms with Gasteiger partial charge in [-0.15, -0.1) is 0 Å². The predicted octanol–water partition coefficient (Wildman–Crippen LogP) is 2.94. The van der Waals surface area contributed by atoms with Gasteiger partial charge in [-0.2, -0.15) is 0 Å². The Morgan fingerprint density at radius 2 is 1.86 bits per heavy atom. The summed E-state index contributed by atoms with van der Waals surface area (Å²) in [5.41, 5.74) is 0.457. The molecule has 0 spiro atoms. The highest BCUT2D eigenvalue weighted by Gasteiger charge is 2.51. The molecular weight excluding hydrogens is 377 g/mol. The summed E-state index contributed by atoms with van der Waals surface area (Å²) in [7, 11) is 1.55. The molecule has 8 heteroatoms. The van der Waals surface area contributed by atoms with E-state index in [1.807, 2.05) is 6.92 Å². The first-order valence-corrected chi connectivity index (χ1v) is 9.04. The molecule has 2 N–H and O–H groups in total. The van der Waals surface area contributed by atoms with Gasteiger partial charge in [0, 0.05) is 5.69 Å². The number of carbonyl (C=O) groups excluding carboxylic acids is 3. The second kappa shape index (κ2) is 7.54. The molecule has 1 aliphatic heterocycles. The third-order valence-corrected chi connectivity index (χ3v) is 5.07. The van der Waals surface area contributed by atoms with E-state index in [0.29, 0.717) is 17.0 Å². The molecule has 2 unspecified atom stereocenters. The zero-order valence-corrected chi connectivity index (χ0v) is 16.6. The van der Waals surface area contributed by atoms with Crippen LogP contribution >= 0.6 is 0 Å². The lowest BCUT2D eigenvalue weighted by Crippen LogP contribution is -2.47. The molecular formula is C21H22FN3O4. The number of nitrogens with zero attached hydrogens (tertiary/aromatic N) is 1. The van der Waals surface area contributed by atoms with Crippen LogP contribution in [0.4, 0.5) is 14.9 Å². The fraction of sp³-hybridized carbons (Fsp3) is 0.286. The summed E-state index contributed by atoms with van der Waals surface area (Å²) in [4.78, 5) is 39.2. The monoisotopic (exact) mass is 399 g/mol. The molecule has 2 atom stereocenters. The molecule has 1 fully saturated rings. The number of nitrogens with one attached hydrogen (secondary N) is 2. The zero-order chi connectivity index (χ0) is 21.3. The lowest BCUT2D eigenvalue weighted by Gasteiger charge is -2.25. The number of amides is 4. The van der Waals surface area contributed by atoms with Gasteiger partial charge in [0.1, 0.15) is 23.1 Å². The van der Waals surface area contributed by atoms with Crippen molar-refractivity contribution in [1.29, 1.82) is 0 Å². The van der Waals surface area contributed by atoms with Crippen molar-refractivity contribution in [3.05, 3.63) is 59.4 Å². The van der Waals surface area contributed by atoms with Gasteiger partial charge in [0.05, 0.1) is 7.11 Å². The van der Waals surface area contributed by atoms with Crippen molar-refractivity contribution in [1.82, 2.24) is 10.2 Å². The van der Waals surface area contributed by atoms with E-state index >= 15 is 0 Å². The number of carbonyl (C=O) groups is 3. The molecule has 4 amide bonds. The molecule has 1 aliphatic rings. The van der Waals surface area contributed by atoms with E-state index in [1.54, 1.807) is 32.2 Å². The molecule has 152 valence electrons. The van der Waals surface area contributed by atoms with Crippen LogP contribution in [0.2, 0.25) is 0 Å². The molecule has 0 bridgehead atoms. The highest BCUT2D eigenvalue weighted by Crippen LogP contribution is 2.32. The van der Waals surface area contributed by atoms with Crippen LogP contribution in [0.5, 0.6) is 5.75 Å². The maximum absolute atomic E-state index is 13.1. The molecule has 7 nitrogen and oxygen atoms in total. The number of anilines is 1. The average Bonchev–Trinajstić information content (AvgIpc) is 2.92. The third kappa shape index (κ3) is 3.65. The van der Waals surface area contributed by atoms with Gasteiger partial charge >= 0.3 is 6.03 Å². The van der Waals surface area contributed by atoms with E-state index in [1.165, 1.54) is 31.2 Å². The van der Waals surface area contributed by atoms with Crippen molar-refractivity contribution in [3.63, 3.8) is 0 Å². The first-order chi connectivity index (χ1) is 13.7. The Hall–Kier alpha value is -3.42. The highest BCUT2D eigenvalue weighted by molar-refractivity contribution is 6.11. The summed E-state index contributed by atoms with van der Waals surface area (Å²) in [5.74, 6) is -0.863. The molecule has 2 aromatic rings. The Labute approximate surface area is 167 Å². The van der Waals surface area contributed by atoms with Crippen LogP contribution in [-0.4, -0.2) is 35.9 Å². The number of benzene rings is 2. The molecule has 2 aromatic carbocycles. The Morgan fingerprint density at radius 1 is 1.21 bits per heavy atom. The molecule has 1 saturated heterocycles. The second-order valence-electron chi connectivity index (χ2n) is 7.09. The van der Waals surface area contributed by atoms with Crippen molar-refractivity contribution >= 4 is 23.5 Å². The van der Waals surface area contributed by atoms with Gasteiger partial charge in [-0.3, -0.25) is 9.59 Å². The summed E-state index contributed by atoms with van der Waals surface area (Å²) in [6, 6.07) is 8.69. The SMILES string of the molecule is COc1ccc(C2(C)NC(=O)N(C(C)C(=O)Nc3ccc(F)cc3)C2=O)cc1C. The van der Waals surface area contributed by atoms with Gasteiger partial charge in [0.15, 0.2) is 0 Å². The Bertz CT molecular complexity index is 976. The van der Waals surface area contributed by atoms with Gasteiger partial charge in [-0.1, -0.05) is 6.07 Å². The lowest BCUT2D eigenvalue weighted by molar-refractivity contribution is -0.136. The molecule has 0 radical (unpaired) electrons. The first-order valence-electron chi connectivity index (χ1n) is 9.04. The number of imide groups is 1. The molecule has 0 aliphatic carbocycles. The number of rotatable bonds is 5. The number of hydrogen-bond acceptors (Lipinski definition) is 4. The fourth-order valence-electron chi connectivity index (χ4n) is 3.29. The van der Waals surface area contributed by atoms with E-state index in [2.05, 4.69) is 10.6 Å². The standard InChI is InChI=1S/C21H22FN3O4/c1-12-11-14(5-10-17(12)29-4)21(3)19(27)25(20(28)24-21)13(2)18(26)23-16-8-6-15(22)7-9-16/h5-11,13H,1-4H3,(H,23,26)(H,24,28). The van der Waals surface area contributed by atoms with E-state index in [9.17, 15) is 18.8 Å². The Kier molecular flexibility index (Phi) is 5.28. The van der Waals surface area contributed by atoms with Gasteiger partial charge in [0.2, 0.25) is 5.91 Å². The van der Waals surface area contributed by atoms with Crippen molar-refractivity contribution in [3.8, 4) is 5.75 Å². The van der Waals surface area contributed by atoms with Gasteiger partial charge in [0.25, 0.3) is 5.91 Å². The zero-order valence-electron chi connectivity index (χ0n) is 16.6. The number of aryl methyl sites for hydroxylation is 1. The minimum Gasteiger partial charge on any atom is -0.496 e. The second-order valence-corrected chi connectivity index (χ2v) is 7.09. The van der Waals surface area contributed by atoms with Crippen LogP contribution < -0.4 is 15.4 Å². The minimum atomic E-state index is -1.31. The van der Waals surface area contributed by atoms with E-state index < -0.39 is 35.2 Å². The van der Waals surface area contributed by atoms with E-state index in [-0.39, 0.29) is 0 Å². The molecule has 29 heavy (non-hydrogen) atoms. The third-order valence-electron chi connectivity index (χ3n) is 5.07. The fourth-order valence-corrected chi connectivity index (χ4v) is 3.29. The van der Waals surface area contributed by atoms with Crippen LogP contribution in [0.15, 0.2) is 42.5 Å². The quantitative estimate of drug-likeness (QED) is 0.757. The Balaban J connectivity index is 1.82. The van der Waals surface area contributed by atoms with Gasteiger partial charge in [-0.05, 0) is 68.3 Å².